The maximum absolute atomic E-state index is 15.1. The van der Waals surface area contributed by atoms with Crippen LogP contribution in [-0.4, -0.2) is 70.2 Å². The number of rotatable bonds is 2. The SMILES string of the molecule is CC(C)(C)N1C[C@@H]2C[C@H]1CN2c1cc2c(cc1F)C(=O)N([C@@H]1CCC(=O)NC1=O)C2=O. The zero-order valence-corrected chi connectivity index (χ0v) is 17.8. The second-order valence-electron chi connectivity index (χ2n) is 9.82. The molecule has 9 heteroatoms. The first-order valence-electron chi connectivity index (χ1n) is 10.6. The van der Waals surface area contributed by atoms with E-state index in [1.54, 1.807) is 0 Å². The number of imide groups is 2. The summed E-state index contributed by atoms with van der Waals surface area (Å²) < 4.78 is 15.1. The maximum Gasteiger partial charge on any atom is 0.262 e. The van der Waals surface area contributed by atoms with Gasteiger partial charge in [0.1, 0.15) is 11.9 Å². The van der Waals surface area contributed by atoms with E-state index in [0.29, 0.717) is 18.3 Å². The van der Waals surface area contributed by atoms with Gasteiger partial charge in [0.25, 0.3) is 11.8 Å². The van der Waals surface area contributed by atoms with Crippen LogP contribution in [0.5, 0.6) is 0 Å². The third-order valence-corrected chi connectivity index (χ3v) is 6.92. The second kappa shape index (κ2) is 6.59. The minimum Gasteiger partial charge on any atom is -0.363 e. The first-order chi connectivity index (χ1) is 14.6. The fourth-order valence-corrected chi connectivity index (χ4v) is 5.48. The lowest BCUT2D eigenvalue weighted by Gasteiger charge is -2.42. The Morgan fingerprint density at radius 1 is 1.00 bits per heavy atom. The van der Waals surface area contributed by atoms with Gasteiger partial charge in [-0.25, -0.2) is 4.39 Å². The summed E-state index contributed by atoms with van der Waals surface area (Å²) >= 11 is 0. The minimum atomic E-state index is -1.06. The van der Waals surface area contributed by atoms with Gasteiger partial charge in [0.2, 0.25) is 11.8 Å². The Hall–Kier alpha value is -2.81. The fourth-order valence-electron chi connectivity index (χ4n) is 5.48. The summed E-state index contributed by atoms with van der Waals surface area (Å²) in [5.74, 6) is -2.96. The van der Waals surface area contributed by atoms with Crippen LogP contribution in [0.3, 0.4) is 0 Å². The van der Waals surface area contributed by atoms with Crippen molar-refractivity contribution in [2.75, 3.05) is 18.0 Å². The number of piperazine rings is 1. The van der Waals surface area contributed by atoms with E-state index in [1.165, 1.54) is 6.07 Å². The van der Waals surface area contributed by atoms with Crippen LogP contribution < -0.4 is 10.2 Å². The molecule has 0 saturated carbocycles. The third-order valence-electron chi connectivity index (χ3n) is 6.92. The summed E-state index contributed by atoms with van der Waals surface area (Å²) in [6.07, 6.45) is 1.05. The van der Waals surface area contributed by atoms with Gasteiger partial charge in [-0.3, -0.25) is 34.3 Å². The molecule has 0 aliphatic carbocycles. The lowest BCUT2D eigenvalue weighted by Crippen LogP contribution is -2.54. The molecular weight excluding hydrogens is 403 g/mol. The number of anilines is 1. The molecule has 0 radical (unpaired) electrons. The Bertz CT molecular complexity index is 1030. The standard InChI is InChI=1S/C22H25FN4O4/c1-22(2,3)26-10-11-6-12(26)9-25(11)17-8-14-13(7-15(17)23)20(30)27(21(14)31)16-4-5-18(28)24-19(16)29/h7-8,11-12,16H,4-6,9-10H2,1-3H3,(H,24,28,29)/t11-,12-,16+/m0/s1. The Morgan fingerprint density at radius 2 is 1.68 bits per heavy atom. The summed E-state index contributed by atoms with van der Waals surface area (Å²) in [7, 11) is 0. The largest absolute Gasteiger partial charge is 0.363 e. The Balaban J connectivity index is 1.43. The number of hydrogen-bond donors (Lipinski definition) is 1. The molecule has 1 N–H and O–H groups in total. The predicted octanol–water partition coefficient (Wildman–Crippen LogP) is 1.29. The van der Waals surface area contributed by atoms with Crippen LogP contribution in [0.25, 0.3) is 0 Å². The number of piperidine rings is 1. The Morgan fingerprint density at radius 3 is 2.26 bits per heavy atom. The monoisotopic (exact) mass is 428 g/mol. The molecule has 3 saturated heterocycles. The van der Waals surface area contributed by atoms with Gasteiger partial charge in [-0.2, -0.15) is 0 Å². The third kappa shape index (κ3) is 2.97. The normalized spacial score (nSPS) is 28.6. The van der Waals surface area contributed by atoms with E-state index in [2.05, 4.69) is 31.0 Å². The number of amides is 4. The molecule has 3 atom stereocenters. The molecular formula is C22H25FN4O4. The number of likely N-dealkylation sites (tertiary alicyclic amines) is 1. The van der Waals surface area contributed by atoms with Crippen molar-refractivity contribution in [1.82, 2.24) is 15.1 Å². The highest BCUT2D eigenvalue weighted by atomic mass is 19.1. The summed E-state index contributed by atoms with van der Waals surface area (Å²) in [4.78, 5) is 54.8. The van der Waals surface area contributed by atoms with E-state index in [1.807, 2.05) is 4.90 Å². The maximum atomic E-state index is 15.1. The van der Waals surface area contributed by atoms with Crippen molar-refractivity contribution in [2.45, 2.75) is 63.7 Å². The van der Waals surface area contributed by atoms with Gasteiger partial charge in [-0.05, 0) is 45.7 Å². The van der Waals surface area contributed by atoms with Crippen molar-refractivity contribution < 1.29 is 23.6 Å². The van der Waals surface area contributed by atoms with Crippen molar-refractivity contribution in [3.8, 4) is 0 Å². The molecule has 31 heavy (non-hydrogen) atoms. The number of fused-ring (bicyclic) bond motifs is 3. The topological polar surface area (TPSA) is 90.0 Å². The van der Waals surface area contributed by atoms with Crippen LogP contribution in [0.15, 0.2) is 12.1 Å². The predicted molar refractivity (Wildman–Crippen MR) is 109 cm³/mol. The van der Waals surface area contributed by atoms with Crippen molar-refractivity contribution in [2.24, 2.45) is 0 Å². The van der Waals surface area contributed by atoms with E-state index in [9.17, 15) is 19.2 Å². The van der Waals surface area contributed by atoms with E-state index in [0.717, 1.165) is 23.9 Å². The number of nitrogens with one attached hydrogen (secondary N) is 1. The molecule has 2 bridgehead atoms. The summed E-state index contributed by atoms with van der Waals surface area (Å²) in [5, 5.41) is 2.17. The zero-order valence-electron chi connectivity index (χ0n) is 17.8. The lowest BCUT2D eigenvalue weighted by molar-refractivity contribution is -0.136. The molecule has 4 heterocycles. The Kier molecular flexibility index (Phi) is 4.28. The number of benzene rings is 1. The van der Waals surface area contributed by atoms with Gasteiger partial charge in [0.15, 0.2) is 0 Å². The first-order valence-corrected chi connectivity index (χ1v) is 10.6. The number of carbonyl (C=O) groups is 4. The molecule has 0 aromatic heterocycles. The van der Waals surface area contributed by atoms with Gasteiger partial charge < -0.3 is 4.90 Å². The van der Waals surface area contributed by atoms with Gasteiger partial charge in [-0.15, -0.1) is 0 Å². The highest BCUT2D eigenvalue weighted by Gasteiger charge is 2.49. The molecule has 8 nitrogen and oxygen atoms in total. The van der Waals surface area contributed by atoms with Crippen molar-refractivity contribution in [3.63, 3.8) is 0 Å². The lowest BCUT2D eigenvalue weighted by atomic mass is 10.0. The van der Waals surface area contributed by atoms with Crippen molar-refractivity contribution >= 4 is 29.3 Å². The zero-order chi connectivity index (χ0) is 22.2. The Labute approximate surface area is 179 Å². The molecule has 3 fully saturated rings. The van der Waals surface area contributed by atoms with Crippen LogP contribution in [0.1, 0.15) is 60.7 Å². The average Bonchev–Trinajstić information content (AvgIpc) is 3.35. The summed E-state index contributed by atoms with van der Waals surface area (Å²) in [5.41, 5.74) is 0.441. The summed E-state index contributed by atoms with van der Waals surface area (Å²) in [6.45, 7) is 7.99. The number of nitrogens with zero attached hydrogens (tertiary/aromatic N) is 3. The summed E-state index contributed by atoms with van der Waals surface area (Å²) in [6, 6.07) is 1.98. The van der Waals surface area contributed by atoms with E-state index >= 15 is 4.39 Å². The highest BCUT2D eigenvalue weighted by molar-refractivity contribution is 6.23. The van der Waals surface area contributed by atoms with E-state index in [-0.39, 0.29) is 35.5 Å². The molecule has 164 valence electrons. The molecule has 4 aliphatic rings. The van der Waals surface area contributed by atoms with Crippen LogP contribution in [0.4, 0.5) is 10.1 Å². The van der Waals surface area contributed by atoms with Crippen LogP contribution in [-0.2, 0) is 9.59 Å². The van der Waals surface area contributed by atoms with Crippen molar-refractivity contribution in [1.29, 1.82) is 0 Å². The van der Waals surface area contributed by atoms with Crippen LogP contribution >= 0.6 is 0 Å². The van der Waals surface area contributed by atoms with Crippen LogP contribution in [0, 0.1) is 5.82 Å². The molecule has 1 aromatic carbocycles. The number of carbonyl (C=O) groups excluding carboxylic acids is 4. The molecule has 1 aromatic rings. The smallest absolute Gasteiger partial charge is 0.262 e. The number of halogens is 1. The molecule has 4 amide bonds. The quantitative estimate of drug-likeness (QED) is 0.714. The minimum absolute atomic E-state index is 0.0309. The van der Waals surface area contributed by atoms with E-state index < -0.39 is 35.5 Å². The molecule has 5 rings (SSSR count). The molecule has 4 aliphatic heterocycles. The average molecular weight is 428 g/mol. The van der Waals surface area contributed by atoms with Crippen molar-refractivity contribution in [3.05, 3.63) is 29.1 Å². The van der Waals surface area contributed by atoms with E-state index in [4.69, 9.17) is 0 Å². The van der Waals surface area contributed by atoms with Gasteiger partial charge in [-0.1, -0.05) is 0 Å². The van der Waals surface area contributed by atoms with Crippen LogP contribution in [0.2, 0.25) is 0 Å². The first kappa shape index (κ1) is 20.1. The van der Waals surface area contributed by atoms with Gasteiger partial charge in [0, 0.05) is 37.1 Å². The van der Waals surface area contributed by atoms with Gasteiger partial charge in [0.05, 0.1) is 16.8 Å². The molecule has 0 unspecified atom stereocenters. The molecule has 0 spiro atoms. The second-order valence-corrected chi connectivity index (χ2v) is 9.82. The fraction of sp³-hybridized carbons (Fsp3) is 0.545. The number of hydrogen-bond acceptors (Lipinski definition) is 6. The highest BCUT2D eigenvalue weighted by Crippen LogP contribution is 2.41. The van der Waals surface area contributed by atoms with Gasteiger partial charge >= 0.3 is 0 Å².